The van der Waals surface area contributed by atoms with Gasteiger partial charge in [0.05, 0.1) is 54.4 Å². The van der Waals surface area contributed by atoms with Gasteiger partial charge >= 0.3 is 6.09 Å². The highest BCUT2D eigenvalue weighted by molar-refractivity contribution is 7.90. The first kappa shape index (κ1) is 41.7. The number of amides is 3. The number of ether oxygens (including phenoxy) is 1. The number of imidazole rings is 2. The molecule has 0 unspecified atom stereocenters. The molecule has 14 nitrogen and oxygen atoms in total. The number of alkyl halides is 2. The molecule has 17 heteroatoms. The number of H-pyrrole nitrogens is 2. The van der Waals surface area contributed by atoms with Crippen LogP contribution in [0.15, 0.2) is 60.8 Å². The summed E-state index contributed by atoms with van der Waals surface area (Å²) in [6.45, 7) is 2.52. The summed E-state index contributed by atoms with van der Waals surface area (Å²) in [6, 6.07) is 14.9. The first-order chi connectivity index (χ1) is 29.5. The molecule has 1 saturated heterocycles. The zero-order chi connectivity index (χ0) is 43.7. The van der Waals surface area contributed by atoms with Crippen LogP contribution in [-0.2, 0) is 36.6 Å². The topological polar surface area (TPSA) is 182 Å². The molecule has 4 aliphatic rings. The van der Waals surface area contributed by atoms with E-state index in [0.29, 0.717) is 51.7 Å². The van der Waals surface area contributed by atoms with E-state index in [1.807, 2.05) is 29.2 Å². The molecule has 9 rings (SSSR count). The summed E-state index contributed by atoms with van der Waals surface area (Å²) in [6.07, 6.45) is 6.91. The van der Waals surface area contributed by atoms with Crippen molar-refractivity contribution in [2.75, 3.05) is 39.3 Å². The van der Waals surface area contributed by atoms with Crippen LogP contribution in [-0.4, -0.2) is 107 Å². The molecule has 4 N–H and O–H groups in total. The quantitative estimate of drug-likeness (QED) is 0.0996. The normalized spacial score (nSPS) is 20.8. The Morgan fingerprint density at radius 2 is 1.69 bits per heavy atom. The van der Waals surface area contributed by atoms with Crippen LogP contribution in [0.5, 0.6) is 0 Å². The van der Waals surface area contributed by atoms with E-state index in [1.165, 1.54) is 19.4 Å². The van der Waals surface area contributed by atoms with Crippen LogP contribution in [0.25, 0.3) is 44.5 Å². The van der Waals surface area contributed by atoms with Crippen molar-refractivity contribution in [1.29, 1.82) is 0 Å². The minimum Gasteiger partial charge on any atom is -0.453 e. The molecule has 2 bridgehead atoms. The summed E-state index contributed by atoms with van der Waals surface area (Å²) >= 11 is 0. The van der Waals surface area contributed by atoms with Crippen molar-refractivity contribution in [3.05, 3.63) is 83.6 Å². The van der Waals surface area contributed by atoms with Crippen molar-refractivity contribution < 1.29 is 36.3 Å². The molecule has 0 radical (unpaired) electrons. The molecule has 5 aromatic rings. The zero-order valence-corrected chi connectivity index (χ0v) is 35.9. The van der Waals surface area contributed by atoms with E-state index in [0.717, 1.165) is 43.2 Å². The van der Waals surface area contributed by atoms with Crippen molar-refractivity contribution in [1.82, 2.24) is 40.4 Å². The number of carbonyl (C=O) groups is 3. The lowest BCUT2D eigenvalue weighted by atomic mass is 9.97. The lowest BCUT2D eigenvalue weighted by Crippen LogP contribution is -2.50. The number of hydrogen-bond acceptors (Lipinski definition) is 9. The van der Waals surface area contributed by atoms with Crippen molar-refractivity contribution in [2.45, 2.75) is 76.0 Å². The molecule has 2 aromatic heterocycles. The third-order valence-electron chi connectivity index (χ3n) is 13.3. The Kier molecular flexibility index (Phi) is 10.5. The predicted octanol–water partition coefficient (Wildman–Crippen LogP) is 6.30. The number of carbonyl (C=O) groups excluding carboxylic acids is 3. The van der Waals surface area contributed by atoms with Gasteiger partial charge in [-0.2, -0.15) is 8.78 Å². The summed E-state index contributed by atoms with van der Waals surface area (Å²) in [4.78, 5) is 58.3. The molecule has 3 fully saturated rings. The number of hydrogen-bond donors (Lipinski definition) is 4. The van der Waals surface area contributed by atoms with Crippen molar-refractivity contribution in [3.63, 3.8) is 0 Å². The molecule has 62 heavy (non-hydrogen) atoms. The maximum absolute atomic E-state index is 16.5. The van der Waals surface area contributed by atoms with Gasteiger partial charge in [0, 0.05) is 35.5 Å². The van der Waals surface area contributed by atoms with E-state index in [-0.39, 0.29) is 71.6 Å². The zero-order valence-electron chi connectivity index (χ0n) is 35.1. The molecule has 1 aliphatic heterocycles. The van der Waals surface area contributed by atoms with E-state index < -0.39 is 27.9 Å². The fourth-order valence-electron chi connectivity index (χ4n) is 9.65. The number of aromatic amines is 2. The molecule has 3 aromatic carbocycles. The van der Waals surface area contributed by atoms with E-state index in [1.54, 1.807) is 42.4 Å². The van der Waals surface area contributed by atoms with Gasteiger partial charge in [0.15, 0.2) is 0 Å². The number of fused-ring (bicyclic) bond motifs is 6. The van der Waals surface area contributed by atoms with Gasteiger partial charge in [-0.3, -0.25) is 9.59 Å². The number of aromatic nitrogens is 4. The molecule has 3 amide bonds. The number of nitrogens with zero attached hydrogens (tertiary/aromatic N) is 4. The second-order valence-electron chi connectivity index (χ2n) is 17.8. The SMILES string of the molecule is CN[C@@H](CCS(C)(=O)=O)C(=O)N1[C@@H]2CC[C@@H](C2)[C@H]1c1nc2ccc(-c3ccc4c(c3)C(F)(F)c3cc(-c5cnc(CN(CC6(C)CC6)C(=O)CNC(=O)OC)[nH]5)ccc3-4)cc2[nH]1. The second kappa shape index (κ2) is 15.6. The third kappa shape index (κ3) is 7.84. The molecule has 2 saturated carbocycles. The highest BCUT2D eigenvalue weighted by Crippen LogP contribution is 2.53. The minimum atomic E-state index is -3.29. The van der Waals surface area contributed by atoms with E-state index in [4.69, 9.17) is 4.98 Å². The van der Waals surface area contributed by atoms with Crippen molar-refractivity contribution in [2.24, 2.45) is 11.3 Å². The van der Waals surface area contributed by atoms with Gasteiger partial charge in [-0.1, -0.05) is 37.3 Å². The van der Waals surface area contributed by atoms with Gasteiger partial charge in [0.2, 0.25) is 11.8 Å². The monoisotopic (exact) mass is 868 g/mol. The van der Waals surface area contributed by atoms with Gasteiger partial charge in [0.1, 0.15) is 28.0 Å². The van der Waals surface area contributed by atoms with Gasteiger partial charge in [0.25, 0.3) is 5.92 Å². The first-order valence-corrected chi connectivity index (χ1v) is 23.1. The third-order valence-corrected chi connectivity index (χ3v) is 14.2. The number of benzene rings is 3. The Morgan fingerprint density at radius 3 is 2.39 bits per heavy atom. The molecule has 3 heterocycles. The number of halogens is 2. The van der Waals surface area contributed by atoms with Crippen molar-refractivity contribution in [3.8, 4) is 33.5 Å². The number of likely N-dealkylation sites (N-methyl/N-ethyl adjacent to an activating group) is 1. The highest BCUT2D eigenvalue weighted by Gasteiger charge is 2.51. The van der Waals surface area contributed by atoms with Gasteiger partial charge in [-0.25, -0.2) is 23.2 Å². The summed E-state index contributed by atoms with van der Waals surface area (Å²) in [5.41, 5.74) is 4.53. The molecular formula is C45H50F2N8O6S. The Morgan fingerprint density at radius 1 is 1.00 bits per heavy atom. The van der Waals surface area contributed by atoms with Crippen LogP contribution in [0.2, 0.25) is 0 Å². The van der Waals surface area contributed by atoms with Crippen LogP contribution in [0.4, 0.5) is 13.6 Å². The highest BCUT2D eigenvalue weighted by atomic mass is 32.2. The number of alkyl carbamates (subject to hydrolysis) is 1. The smallest absolute Gasteiger partial charge is 0.407 e. The molecule has 4 atom stereocenters. The van der Waals surface area contributed by atoms with Gasteiger partial charge in [-0.05, 0) is 103 Å². The lowest BCUT2D eigenvalue weighted by molar-refractivity contribution is -0.138. The lowest BCUT2D eigenvalue weighted by Gasteiger charge is -2.36. The van der Waals surface area contributed by atoms with E-state index in [2.05, 4.69) is 37.2 Å². The average Bonchev–Trinajstić information content (AvgIpc) is 3.82. The molecular weight excluding hydrogens is 819 g/mol. The van der Waals surface area contributed by atoms with Gasteiger partial charge in [-0.15, -0.1) is 0 Å². The van der Waals surface area contributed by atoms with Crippen LogP contribution in [0, 0.1) is 11.3 Å². The Balaban J connectivity index is 0.935. The number of nitrogens with one attached hydrogen (secondary N) is 4. The minimum absolute atomic E-state index is 0.00487. The Bertz CT molecular complexity index is 2710. The fraction of sp³-hybridized carbons (Fsp3) is 0.444. The maximum Gasteiger partial charge on any atom is 0.407 e. The number of rotatable bonds is 14. The summed E-state index contributed by atoms with van der Waals surface area (Å²) in [5, 5.41) is 5.47. The predicted molar refractivity (Wildman–Crippen MR) is 229 cm³/mol. The maximum atomic E-state index is 16.5. The van der Waals surface area contributed by atoms with Crippen LogP contribution < -0.4 is 10.6 Å². The first-order valence-electron chi connectivity index (χ1n) is 21.0. The average molecular weight is 869 g/mol. The number of methoxy groups -OCH3 is 1. The standard InChI is InChI=1S/C45H50F2N8O6S/c1-44(14-15-44)24-54(39(56)22-50-43(58)61-3)23-38-49-21-37(51-38)27-7-11-31-30-10-6-25(18-32(30)45(46,47)33(31)19-27)26-8-12-34-36(20-26)53-41(52-34)40-28-5-9-29(17-28)55(40)42(57)35(48-2)13-16-62(4,59)60/h6-8,10-12,18-21,28-29,35,40,48H,5,9,13-17,22-24H2,1-4H3,(H,49,51)(H,50,58)(H,52,53)/t28-,29+,35-,40-/m0/s1. The van der Waals surface area contributed by atoms with E-state index in [9.17, 15) is 22.8 Å². The summed E-state index contributed by atoms with van der Waals surface area (Å²) in [7, 11) is -0.345. The number of sulfone groups is 1. The Hall–Kier alpha value is -5.68. The Labute approximate surface area is 358 Å². The van der Waals surface area contributed by atoms with E-state index >= 15 is 8.78 Å². The van der Waals surface area contributed by atoms with Gasteiger partial charge < -0.3 is 35.1 Å². The van der Waals surface area contributed by atoms with Crippen molar-refractivity contribution >= 4 is 38.8 Å². The van der Waals surface area contributed by atoms with Crippen LogP contribution >= 0.6 is 0 Å². The number of likely N-dealkylation sites (tertiary alicyclic amines) is 1. The molecule has 0 spiro atoms. The largest absolute Gasteiger partial charge is 0.453 e. The molecule has 3 aliphatic carbocycles. The second-order valence-corrected chi connectivity index (χ2v) is 20.0. The number of piperidine rings is 1. The fourth-order valence-corrected chi connectivity index (χ4v) is 10.3. The summed E-state index contributed by atoms with van der Waals surface area (Å²) < 4.78 is 61.4. The molecule has 326 valence electrons. The van der Waals surface area contributed by atoms with Crippen LogP contribution in [0.3, 0.4) is 0 Å². The van der Waals surface area contributed by atoms with Crippen LogP contribution in [0.1, 0.15) is 74.3 Å². The summed E-state index contributed by atoms with van der Waals surface area (Å²) in [5.74, 6) is -2.42.